The van der Waals surface area contributed by atoms with Crippen LogP contribution in [0.1, 0.15) is 22.3 Å². The van der Waals surface area contributed by atoms with Gasteiger partial charge in [0.05, 0.1) is 5.41 Å². The fourth-order valence-corrected chi connectivity index (χ4v) is 7.16. The van der Waals surface area contributed by atoms with E-state index in [1.807, 2.05) is 66.7 Å². The van der Waals surface area contributed by atoms with Crippen LogP contribution in [0.5, 0.6) is 11.5 Å². The number of benzene rings is 7. The van der Waals surface area contributed by atoms with Crippen LogP contribution in [-0.2, 0) is 5.41 Å². The van der Waals surface area contributed by atoms with Crippen LogP contribution in [0.25, 0.3) is 45.3 Å². The predicted octanol–water partition coefficient (Wildman–Crippen LogP) is 11.0. The maximum absolute atomic E-state index is 6.64. The Hall–Kier alpha value is -6.65. The van der Waals surface area contributed by atoms with Crippen molar-refractivity contribution in [1.29, 1.82) is 0 Å². The Bertz CT molecular complexity index is 2350. The van der Waals surface area contributed by atoms with Gasteiger partial charge in [-0.25, -0.2) is 15.0 Å². The van der Waals surface area contributed by atoms with Crippen molar-refractivity contribution < 1.29 is 4.74 Å². The Morgan fingerprint density at radius 1 is 0.320 bits per heavy atom. The maximum Gasteiger partial charge on any atom is 0.164 e. The summed E-state index contributed by atoms with van der Waals surface area (Å²) in [4.78, 5) is 14.9. The van der Waals surface area contributed by atoms with Gasteiger partial charge in [0.2, 0.25) is 0 Å². The molecule has 1 aliphatic heterocycles. The molecule has 236 valence electrons. The molecule has 2 heterocycles. The van der Waals surface area contributed by atoms with Gasteiger partial charge < -0.3 is 4.74 Å². The Morgan fingerprint density at radius 2 is 0.760 bits per heavy atom. The molecule has 0 spiro atoms. The zero-order chi connectivity index (χ0) is 33.3. The van der Waals surface area contributed by atoms with Crippen molar-refractivity contribution in [3.05, 3.63) is 210 Å². The van der Waals surface area contributed by atoms with Crippen LogP contribution in [0, 0.1) is 0 Å². The maximum atomic E-state index is 6.64. The minimum absolute atomic E-state index is 0.594. The highest BCUT2D eigenvalue weighted by Gasteiger charge is 2.45. The first-order valence-corrected chi connectivity index (χ1v) is 16.8. The third-order valence-corrected chi connectivity index (χ3v) is 9.46. The van der Waals surface area contributed by atoms with Gasteiger partial charge in [-0.2, -0.15) is 0 Å². The quantitative estimate of drug-likeness (QED) is 0.181. The second-order valence-corrected chi connectivity index (χ2v) is 12.4. The average molecular weight is 642 g/mol. The molecule has 0 aliphatic carbocycles. The molecule has 8 aromatic rings. The van der Waals surface area contributed by atoms with Crippen molar-refractivity contribution in [3.63, 3.8) is 0 Å². The summed E-state index contributed by atoms with van der Waals surface area (Å²) in [5, 5.41) is 0. The van der Waals surface area contributed by atoms with E-state index >= 15 is 0 Å². The van der Waals surface area contributed by atoms with Gasteiger partial charge in [-0.1, -0.05) is 164 Å². The third kappa shape index (κ3) is 5.06. The second kappa shape index (κ2) is 12.4. The van der Waals surface area contributed by atoms with Gasteiger partial charge in [-0.3, -0.25) is 0 Å². The van der Waals surface area contributed by atoms with Crippen LogP contribution < -0.4 is 4.74 Å². The molecule has 0 saturated heterocycles. The van der Waals surface area contributed by atoms with E-state index in [1.54, 1.807) is 0 Å². The summed E-state index contributed by atoms with van der Waals surface area (Å²) < 4.78 is 6.64. The van der Waals surface area contributed by atoms with E-state index in [2.05, 4.69) is 121 Å². The molecule has 0 fully saturated rings. The summed E-state index contributed by atoms with van der Waals surface area (Å²) >= 11 is 0. The van der Waals surface area contributed by atoms with Gasteiger partial charge >= 0.3 is 0 Å². The van der Waals surface area contributed by atoms with E-state index in [4.69, 9.17) is 19.7 Å². The van der Waals surface area contributed by atoms with Crippen molar-refractivity contribution in [2.24, 2.45) is 0 Å². The average Bonchev–Trinajstić information content (AvgIpc) is 3.21. The van der Waals surface area contributed by atoms with Gasteiger partial charge in [0.25, 0.3) is 0 Å². The van der Waals surface area contributed by atoms with E-state index in [1.165, 1.54) is 11.1 Å². The van der Waals surface area contributed by atoms with E-state index < -0.39 is 5.41 Å². The summed E-state index contributed by atoms with van der Waals surface area (Å²) in [5.74, 6) is 3.60. The van der Waals surface area contributed by atoms with Gasteiger partial charge in [-0.05, 0) is 46.5 Å². The monoisotopic (exact) mass is 641 g/mol. The highest BCUT2D eigenvalue weighted by Crippen LogP contribution is 2.55. The zero-order valence-corrected chi connectivity index (χ0v) is 27.1. The number of hydrogen-bond donors (Lipinski definition) is 0. The molecule has 0 N–H and O–H groups in total. The minimum atomic E-state index is -0.594. The van der Waals surface area contributed by atoms with Crippen molar-refractivity contribution in [2.75, 3.05) is 0 Å². The summed E-state index contributed by atoms with van der Waals surface area (Å²) in [6, 6.07) is 65.1. The molecule has 0 unspecified atom stereocenters. The second-order valence-electron chi connectivity index (χ2n) is 12.4. The van der Waals surface area contributed by atoms with Crippen molar-refractivity contribution in [3.8, 4) is 56.8 Å². The summed E-state index contributed by atoms with van der Waals surface area (Å²) in [5.41, 5.74) is 8.90. The highest BCUT2D eigenvalue weighted by atomic mass is 16.5. The summed E-state index contributed by atoms with van der Waals surface area (Å²) in [6.07, 6.45) is 0. The Labute approximate surface area is 291 Å². The highest BCUT2D eigenvalue weighted by molar-refractivity contribution is 5.77. The predicted molar refractivity (Wildman–Crippen MR) is 200 cm³/mol. The van der Waals surface area contributed by atoms with Crippen molar-refractivity contribution >= 4 is 0 Å². The minimum Gasteiger partial charge on any atom is -0.457 e. The Morgan fingerprint density at radius 3 is 1.36 bits per heavy atom. The van der Waals surface area contributed by atoms with Gasteiger partial charge in [0.15, 0.2) is 17.5 Å². The first-order valence-electron chi connectivity index (χ1n) is 16.8. The topological polar surface area (TPSA) is 47.9 Å². The lowest BCUT2D eigenvalue weighted by atomic mass is 9.63. The number of aromatic nitrogens is 3. The number of nitrogens with zero attached hydrogens (tertiary/aromatic N) is 3. The molecule has 0 atom stereocenters. The largest absolute Gasteiger partial charge is 0.457 e. The number of fused-ring (bicyclic) bond motifs is 2. The molecule has 7 aromatic carbocycles. The van der Waals surface area contributed by atoms with Crippen molar-refractivity contribution in [2.45, 2.75) is 5.41 Å². The fraction of sp³-hybridized carbons (Fsp3) is 0.0217. The normalized spacial score (nSPS) is 12.7. The van der Waals surface area contributed by atoms with Crippen LogP contribution in [0.15, 0.2) is 188 Å². The number of para-hydroxylation sites is 1. The van der Waals surface area contributed by atoms with E-state index in [0.29, 0.717) is 17.5 Å². The molecule has 4 heteroatoms. The first kappa shape index (κ1) is 29.5. The first-order chi connectivity index (χ1) is 24.8. The molecule has 0 radical (unpaired) electrons. The molecule has 1 aromatic heterocycles. The summed E-state index contributed by atoms with van der Waals surface area (Å²) in [7, 11) is 0. The van der Waals surface area contributed by atoms with E-state index in [-0.39, 0.29) is 0 Å². The Kier molecular flexibility index (Phi) is 7.33. The lowest BCUT2D eigenvalue weighted by Crippen LogP contribution is -2.34. The zero-order valence-electron chi connectivity index (χ0n) is 27.1. The number of rotatable bonds is 6. The Balaban J connectivity index is 1.22. The van der Waals surface area contributed by atoms with Gasteiger partial charge in [0.1, 0.15) is 11.5 Å². The standard InChI is InChI=1S/C46H31N3O/c1-5-16-32(17-6-1)43-47-44(33-18-7-2-8-19-33)49-45(48-43)36-21-15-20-34(30-36)35-28-29-42-40(31-35)46(37-22-9-3-10-23-37,38-24-11-4-12-25-38)39-26-13-14-27-41(39)50-42/h1-31H. The molecule has 50 heavy (non-hydrogen) atoms. The SMILES string of the molecule is c1ccc(-c2nc(-c3ccccc3)nc(-c3cccc(-c4ccc5c(c4)C(c4ccccc4)(c4ccccc4)c4ccccc4O5)c3)n2)cc1. The molecule has 1 aliphatic rings. The van der Waals surface area contributed by atoms with Crippen LogP contribution in [-0.4, -0.2) is 15.0 Å². The number of ether oxygens (including phenoxy) is 1. The molecule has 9 rings (SSSR count). The molecule has 0 saturated carbocycles. The fourth-order valence-electron chi connectivity index (χ4n) is 7.16. The van der Waals surface area contributed by atoms with Crippen LogP contribution in [0.4, 0.5) is 0 Å². The summed E-state index contributed by atoms with van der Waals surface area (Å²) in [6.45, 7) is 0. The van der Waals surface area contributed by atoms with E-state index in [9.17, 15) is 0 Å². The lowest BCUT2D eigenvalue weighted by molar-refractivity contribution is 0.434. The molecular weight excluding hydrogens is 611 g/mol. The molecule has 4 nitrogen and oxygen atoms in total. The van der Waals surface area contributed by atoms with Crippen LogP contribution in [0.3, 0.4) is 0 Å². The lowest BCUT2D eigenvalue weighted by Gasteiger charge is -2.41. The van der Waals surface area contributed by atoms with Gasteiger partial charge in [0, 0.05) is 27.8 Å². The van der Waals surface area contributed by atoms with Crippen molar-refractivity contribution in [1.82, 2.24) is 15.0 Å². The smallest absolute Gasteiger partial charge is 0.164 e. The van der Waals surface area contributed by atoms with Gasteiger partial charge in [-0.15, -0.1) is 0 Å². The van der Waals surface area contributed by atoms with Crippen LogP contribution >= 0.6 is 0 Å². The molecular formula is C46H31N3O. The third-order valence-electron chi connectivity index (χ3n) is 9.46. The van der Waals surface area contributed by atoms with E-state index in [0.717, 1.165) is 50.4 Å². The van der Waals surface area contributed by atoms with Crippen LogP contribution in [0.2, 0.25) is 0 Å². The number of hydrogen-bond acceptors (Lipinski definition) is 4. The molecule has 0 bridgehead atoms. The molecule has 0 amide bonds.